The molecule has 1 amide bonds. The van der Waals surface area contributed by atoms with Gasteiger partial charge in [0.15, 0.2) is 5.82 Å². The first-order valence-corrected chi connectivity index (χ1v) is 6.86. The highest BCUT2D eigenvalue weighted by Gasteiger charge is 2.23. The van der Waals surface area contributed by atoms with Crippen LogP contribution in [0.1, 0.15) is 43.7 Å². The van der Waals surface area contributed by atoms with E-state index in [9.17, 15) is 9.59 Å². The highest BCUT2D eigenvalue weighted by Crippen LogP contribution is 2.25. The van der Waals surface area contributed by atoms with E-state index in [1.165, 1.54) is 6.07 Å². The molecule has 0 fully saturated rings. The molecule has 1 aromatic rings. The quantitative estimate of drug-likeness (QED) is 0.863. The molecule has 0 aliphatic heterocycles. The van der Waals surface area contributed by atoms with E-state index in [4.69, 9.17) is 21.1 Å². The molecule has 0 bridgehead atoms. The summed E-state index contributed by atoms with van der Waals surface area (Å²) in [4.78, 5) is 27.9. The van der Waals surface area contributed by atoms with Gasteiger partial charge in [-0.25, -0.2) is 14.6 Å². The van der Waals surface area contributed by atoms with Crippen LogP contribution < -0.4 is 5.32 Å². The van der Waals surface area contributed by atoms with Crippen LogP contribution in [0.3, 0.4) is 0 Å². The van der Waals surface area contributed by atoms with Crippen molar-refractivity contribution >= 4 is 29.5 Å². The Morgan fingerprint density at radius 2 is 2.00 bits per heavy atom. The van der Waals surface area contributed by atoms with Crippen LogP contribution in [0.4, 0.5) is 10.6 Å². The average molecular weight is 315 g/mol. The van der Waals surface area contributed by atoms with Crippen molar-refractivity contribution in [3.63, 3.8) is 0 Å². The first-order chi connectivity index (χ1) is 9.64. The maximum atomic E-state index is 11.9. The summed E-state index contributed by atoms with van der Waals surface area (Å²) in [7, 11) is 0. The Bertz CT molecular complexity index is 553. The van der Waals surface area contributed by atoms with Crippen LogP contribution in [-0.2, 0) is 9.47 Å². The number of ether oxygens (including phenoxy) is 2. The molecule has 7 heteroatoms. The number of nitrogens with zero attached hydrogens (tertiary/aromatic N) is 1. The number of aryl methyl sites for hydroxylation is 1. The van der Waals surface area contributed by atoms with E-state index in [1.807, 2.05) is 0 Å². The molecule has 0 aliphatic carbocycles. The zero-order valence-corrected chi connectivity index (χ0v) is 13.5. The van der Waals surface area contributed by atoms with Gasteiger partial charge < -0.3 is 9.47 Å². The number of carbonyl (C=O) groups excluding carboxylic acids is 2. The third-order valence-electron chi connectivity index (χ3n) is 2.20. The molecule has 0 spiro atoms. The van der Waals surface area contributed by atoms with E-state index in [0.29, 0.717) is 5.69 Å². The zero-order valence-electron chi connectivity index (χ0n) is 12.7. The van der Waals surface area contributed by atoms with E-state index in [-0.39, 0.29) is 23.0 Å². The number of carbonyl (C=O) groups is 2. The number of amides is 1. The fraction of sp³-hybridized carbons (Fsp3) is 0.500. The molecule has 0 atom stereocenters. The van der Waals surface area contributed by atoms with Crippen molar-refractivity contribution in [3.8, 4) is 0 Å². The highest BCUT2D eigenvalue weighted by atomic mass is 35.5. The molecule has 1 heterocycles. The van der Waals surface area contributed by atoms with E-state index in [2.05, 4.69) is 10.3 Å². The topological polar surface area (TPSA) is 77.5 Å². The Kier molecular flexibility index (Phi) is 5.54. The Balaban J connectivity index is 3.10. The molecule has 0 unspecified atom stereocenters. The first kappa shape index (κ1) is 17.2. The van der Waals surface area contributed by atoms with Crippen molar-refractivity contribution < 1.29 is 19.1 Å². The van der Waals surface area contributed by atoms with Gasteiger partial charge in [-0.1, -0.05) is 11.6 Å². The van der Waals surface area contributed by atoms with Crippen molar-refractivity contribution in [2.45, 2.75) is 40.2 Å². The molecular weight excluding hydrogens is 296 g/mol. The minimum Gasteiger partial charge on any atom is -0.462 e. The summed E-state index contributed by atoms with van der Waals surface area (Å²) in [6.45, 7) is 8.75. The van der Waals surface area contributed by atoms with Crippen molar-refractivity contribution in [3.05, 3.63) is 22.3 Å². The zero-order chi connectivity index (χ0) is 16.2. The minimum atomic E-state index is -0.720. The number of nitrogens with one attached hydrogen (secondary N) is 1. The number of rotatable bonds is 3. The van der Waals surface area contributed by atoms with Gasteiger partial charge in [-0.3, -0.25) is 5.32 Å². The molecule has 0 aromatic carbocycles. The molecule has 1 N–H and O–H groups in total. The maximum absolute atomic E-state index is 11.9. The fourth-order valence-corrected chi connectivity index (χ4v) is 1.85. The monoisotopic (exact) mass is 314 g/mol. The van der Waals surface area contributed by atoms with Gasteiger partial charge in [0.25, 0.3) is 0 Å². The molecule has 1 rings (SSSR count). The van der Waals surface area contributed by atoms with Gasteiger partial charge in [0.1, 0.15) is 11.2 Å². The van der Waals surface area contributed by atoms with Gasteiger partial charge in [-0.15, -0.1) is 0 Å². The number of hydrogen-bond acceptors (Lipinski definition) is 5. The molecule has 0 saturated heterocycles. The van der Waals surface area contributed by atoms with Crippen LogP contribution in [0.2, 0.25) is 5.02 Å². The summed E-state index contributed by atoms with van der Waals surface area (Å²) in [6, 6.07) is 1.52. The van der Waals surface area contributed by atoms with Crippen molar-refractivity contribution in [1.82, 2.24) is 4.98 Å². The number of pyridine rings is 1. The van der Waals surface area contributed by atoms with E-state index < -0.39 is 17.7 Å². The van der Waals surface area contributed by atoms with Gasteiger partial charge >= 0.3 is 12.1 Å². The third kappa shape index (κ3) is 5.23. The van der Waals surface area contributed by atoms with Gasteiger partial charge in [0.05, 0.1) is 11.6 Å². The average Bonchev–Trinajstić information content (AvgIpc) is 2.24. The lowest BCUT2D eigenvalue weighted by atomic mass is 10.2. The summed E-state index contributed by atoms with van der Waals surface area (Å²) in [5, 5.41) is 2.59. The summed E-state index contributed by atoms with van der Waals surface area (Å²) in [6.07, 6.45) is -0.720. The standard InChI is InChI=1S/C14H19ClN2O4/c1-6-20-12(18)10-9(15)7-8(2)16-11(10)17-13(19)21-14(3,4)5/h7H,6H2,1-5H3,(H,16,17,19). The lowest BCUT2D eigenvalue weighted by Crippen LogP contribution is -2.28. The Labute approximate surface area is 128 Å². The van der Waals surface area contributed by atoms with Crippen molar-refractivity contribution in [2.24, 2.45) is 0 Å². The number of hydrogen-bond donors (Lipinski definition) is 1. The number of anilines is 1. The van der Waals surface area contributed by atoms with E-state index in [1.54, 1.807) is 34.6 Å². The predicted molar refractivity (Wildman–Crippen MR) is 79.8 cm³/mol. The molecule has 0 radical (unpaired) electrons. The second-order valence-corrected chi connectivity index (χ2v) is 5.72. The summed E-state index contributed by atoms with van der Waals surface area (Å²) in [5.74, 6) is -0.631. The molecule has 21 heavy (non-hydrogen) atoms. The summed E-state index contributed by atoms with van der Waals surface area (Å²) >= 11 is 6.05. The fourth-order valence-electron chi connectivity index (χ4n) is 1.52. The number of aromatic nitrogens is 1. The Hall–Kier alpha value is -1.82. The molecule has 0 aliphatic rings. The van der Waals surface area contributed by atoms with Crippen LogP contribution in [0.15, 0.2) is 6.07 Å². The minimum absolute atomic E-state index is 0.00924. The number of esters is 1. The second-order valence-electron chi connectivity index (χ2n) is 5.32. The SMILES string of the molecule is CCOC(=O)c1c(Cl)cc(C)nc1NC(=O)OC(C)(C)C. The Morgan fingerprint density at radius 3 is 2.52 bits per heavy atom. The molecule has 116 valence electrons. The summed E-state index contributed by atoms with van der Waals surface area (Å²) < 4.78 is 10.0. The van der Waals surface area contributed by atoms with Crippen LogP contribution in [0, 0.1) is 6.92 Å². The first-order valence-electron chi connectivity index (χ1n) is 6.48. The van der Waals surface area contributed by atoms with E-state index in [0.717, 1.165) is 0 Å². The summed E-state index contributed by atoms with van der Waals surface area (Å²) in [5.41, 5.74) is -0.101. The molecule has 1 aromatic heterocycles. The normalized spacial score (nSPS) is 11.0. The van der Waals surface area contributed by atoms with Crippen LogP contribution >= 0.6 is 11.6 Å². The number of halogens is 1. The van der Waals surface area contributed by atoms with Crippen molar-refractivity contribution in [1.29, 1.82) is 0 Å². The van der Waals surface area contributed by atoms with E-state index >= 15 is 0 Å². The van der Waals surface area contributed by atoms with Gasteiger partial charge in [-0.05, 0) is 40.7 Å². The van der Waals surface area contributed by atoms with Crippen molar-refractivity contribution in [2.75, 3.05) is 11.9 Å². The molecule has 6 nitrogen and oxygen atoms in total. The molecular formula is C14H19ClN2O4. The highest BCUT2D eigenvalue weighted by molar-refractivity contribution is 6.34. The Morgan fingerprint density at radius 1 is 1.38 bits per heavy atom. The predicted octanol–water partition coefficient (Wildman–Crippen LogP) is 3.57. The smallest absolute Gasteiger partial charge is 0.413 e. The van der Waals surface area contributed by atoms with Crippen LogP contribution in [0.25, 0.3) is 0 Å². The van der Waals surface area contributed by atoms with Crippen LogP contribution in [-0.4, -0.2) is 29.3 Å². The van der Waals surface area contributed by atoms with Gasteiger partial charge in [0.2, 0.25) is 0 Å². The van der Waals surface area contributed by atoms with Gasteiger partial charge in [-0.2, -0.15) is 0 Å². The van der Waals surface area contributed by atoms with Crippen LogP contribution in [0.5, 0.6) is 0 Å². The lowest BCUT2D eigenvalue weighted by Gasteiger charge is -2.20. The second kappa shape index (κ2) is 6.76. The largest absolute Gasteiger partial charge is 0.462 e. The van der Waals surface area contributed by atoms with Gasteiger partial charge in [0, 0.05) is 5.69 Å². The lowest BCUT2D eigenvalue weighted by molar-refractivity contribution is 0.0527. The third-order valence-corrected chi connectivity index (χ3v) is 2.50. The molecule has 0 saturated carbocycles. The maximum Gasteiger partial charge on any atom is 0.413 e.